The smallest absolute Gasteiger partial charge is 0.398 e. The highest BCUT2D eigenvalue weighted by Crippen LogP contribution is 2.37. The molecule has 0 saturated carbocycles. The Labute approximate surface area is 100 Å². The molecule has 0 aromatic heterocycles. The molecule has 0 aliphatic rings. The molecule has 1 aromatic rings. The van der Waals surface area contributed by atoms with Crippen molar-refractivity contribution in [1.82, 2.24) is 0 Å². The lowest BCUT2D eigenvalue weighted by Crippen LogP contribution is -2.37. The average Bonchev–Trinajstić information content (AvgIpc) is 2.18. The summed E-state index contributed by atoms with van der Waals surface area (Å²) < 4.78 is 59.8. The number of halogens is 3. The first kappa shape index (κ1) is 14.3. The molecular weight excluding hydrogens is 273 g/mol. The Bertz CT molecular complexity index is 569. The molecule has 100 valence electrons. The van der Waals surface area contributed by atoms with Gasteiger partial charge in [-0.15, -0.1) is 0 Å². The number of nitrogen functional groups attached to an aromatic ring is 1. The van der Waals surface area contributed by atoms with Crippen molar-refractivity contribution < 1.29 is 26.4 Å². The highest BCUT2D eigenvalue weighted by Gasteiger charge is 2.53. The molecule has 5 nitrogen and oxygen atoms in total. The fraction of sp³-hybridized carbons (Fsp3) is 0.222. The molecule has 0 saturated heterocycles. The number of amides is 1. The number of carbonyl (C=O) groups excluding carboxylic acids is 1. The molecule has 1 aromatic carbocycles. The van der Waals surface area contributed by atoms with Gasteiger partial charge < -0.3 is 11.5 Å². The van der Waals surface area contributed by atoms with Gasteiger partial charge in [0.05, 0.1) is 0 Å². The minimum Gasteiger partial charge on any atom is -0.398 e. The second kappa shape index (κ2) is 4.48. The number of rotatable bonds is 3. The van der Waals surface area contributed by atoms with Crippen LogP contribution in [0.15, 0.2) is 24.3 Å². The van der Waals surface area contributed by atoms with Crippen molar-refractivity contribution in [2.75, 3.05) is 5.73 Å². The highest BCUT2D eigenvalue weighted by molar-refractivity contribution is 7.93. The van der Waals surface area contributed by atoms with Gasteiger partial charge in [-0.05, 0) is 6.07 Å². The molecule has 0 fully saturated rings. The van der Waals surface area contributed by atoms with E-state index in [-0.39, 0.29) is 5.69 Å². The maximum Gasteiger partial charge on any atom is 0.498 e. The molecule has 0 aliphatic heterocycles. The summed E-state index contributed by atoms with van der Waals surface area (Å²) in [5, 5.41) is -2.54. The van der Waals surface area contributed by atoms with Gasteiger partial charge >= 0.3 is 5.51 Å². The van der Waals surface area contributed by atoms with Crippen LogP contribution in [0.3, 0.4) is 0 Å². The standard InChI is InChI=1S/C9H9F3N2O3S/c10-9(11,12)18(16,17)7(8(14)15)5-3-1-2-4-6(5)13/h1-4,7H,13H2,(H2,14,15). The van der Waals surface area contributed by atoms with E-state index in [1.54, 1.807) is 0 Å². The van der Waals surface area contributed by atoms with E-state index in [2.05, 4.69) is 0 Å². The van der Waals surface area contributed by atoms with Crippen LogP contribution in [-0.2, 0) is 14.6 Å². The van der Waals surface area contributed by atoms with Crippen LogP contribution in [0.25, 0.3) is 0 Å². The van der Waals surface area contributed by atoms with Crippen molar-refractivity contribution >= 4 is 21.4 Å². The molecule has 9 heteroatoms. The summed E-state index contributed by atoms with van der Waals surface area (Å²) in [4.78, 5) is 11.0. The third-order valence-corrected chi connectivity index (χ3v) is 3.92. The second-order valence-electron chi connectivity index (χ2n) is 3.40. The molecule has 18 heavy (non-hydrogen) atoms. The van der Waals surface area contributed by atoms with Crippen molar-refractivity contribution in [1.29, 1.82) is 0 Å². The number of sulfone groups is 1. The molecule has 0 aliphatic carbocycles. The van der Waals surface area contributed by atoms with Gasteiger partial charge in [-0.25, -0.2) is 8.42 Å². The first-order chi connectivity index (χ1) is 8.09. The van der Waals surface area contributed by atoms with Gasteiger partial charge in [-0.3, -0.25) is 4.79 Å². The Kier molecular flexibility index (Phi) is 3.56. The molecule has 0 heterocycles. The Morgan fingerprint density at radius 3 is 2.11 bits per heavy atom. The van der Waals surface area contributed by atoms with Crippen molar-refractivity contribution in [3.63, 3.8) is 0 Å². The molecular formula is C9H9F3N2O3S. The Morgan fingerprint density at radius 2 is 1.72 bits per heavy atom. The van der Waals surface area contributed by atoms with Crippen LogP contribution in [0.4, 0.5) is 18.9 Å². The summed E-state index contributed by atoms with van der Waals surface area (Å²) in [7, 11) is -5.77. The van der Waals surface area contributed by atoms with Crippen LogP contribution < -0.4 is 11.5 Å². The zero-order valence-electron chi connectivity index (χ0n) is 8.81. The van der Waals surface area contributed by atoms with Crippen LogP contribution in [-0.4, -0.2) is 19.8 Å². The quantitative estimate of drug-likeness (QED) is 0.797. The lowest BCUT2D eigenvalue weighted by Gasteiger charge is -2.18. The number of alkyl halides is 3. The fourth-order valence-electron chi connectivity index (χ4n) is 1.36. The van der Waals surface area contributed by atoms with Gasteiger partial charge in [0, 0.05) is 11.3 Å². The molecule has 0 radical (unpaired) electrons. The van der Waals surface area contributed by atoms with Crippen molar-refractivity contribution in [2.24, 2.45) is 5.73 Å². The lowest BCUT2D eigenvalue weighted by molar-refractivity contribution is -0.118. The summed E-state index contributed by atoms with van der Waals surface area (Å²) in [6, 6.07) is 4.83. The van der Waals surface area contributed by atoms with E-state index in [4.69, 9.17) is 11.5 Å². The van der Waals surface area contributed by atoms with Gasteiger partial charge in [-0.2, -0.15) is 13.2 Å². The van der Waals surface area contributed by atoms with E-state index in [0.717, 1.165) is 6.07 Å². The average molecular weight is 282 g/mol. The lowest BCUT2D eigenvalue weighted by atomic mass is 10.1. The highest BCUT2D eigenvalue weighted by atomic mass is 32.2. The van der Waals surface area contributed by atoms with Gasteiger partial charge in [0.1, 0.15) is 0 Å². The van der Waals surface area contributed by atoms with Crippen molar-refractivity contribution in [3.8, 4) is 0 Å². The van der Waals surface area contributed by atoms with E-state index in [0.29, 0.717) is 0 Å². The van der Waals surface area contributed by atoms with E-state index >= 15 is 0 Å². The molecule has 0 bridgehead atoms. The minimum absolute atomic E-state index is 0.255. The van der Waals surface area contributed by atoms with Crippen LogP contribution in [0.1, 0.15) is 10.8 Å². The molecule has 1 rings (SSSR count). The third-order valence-electron chi connectivity index (χ3n) is 2.17. The number of hydrogen-bond acceptors (Lipinski definition) is 4. The molecule has 1 unspecified atom stereocenters. The summed E-state index contributed by atoms with van der Waals surface area (Å²) in [6.07, 6.45) is 0. The zero-order chi connectivity index (χ0) is 14.1. The number of para-hydroxylation sites is 1. The maximum atomic E-state index is 12.4. The van der Waals surface area contributed by atoms with E-state index in [1.165, 1.54) is 18.2 Å². The number of hydrogen-bond donors (Lipinski definition) is 2. The second-order valence-corrected chi connectivity index (χ2v) is 5.43. The normalized spacial score (nSPS) is 14.2. The van der Waals surface area contributed by atoms with Crippen LogP contribution in [0.2, 0.25) is 0 Å². The van der Waals surface area contributed by atoms with Gasteiger partial charge in [-0.1, -0.05) is 18.2 Å². The van der Waals surface area contributed by atoms with Crippen molar-refractivity contribution in [3.05, 3.63) is 29.8 Å². The van der Waals surface area contributed by atoms with Crippen LogP contribution in [0, 0.1) is 0 Å². The Morgan fingerprint density at radius 1 is 1.22 bits per heavy atom. The predicted molar refractivity (Wildman–Crippen MR) is 57.8 cm³/mol. The first-order valence-electron chi connectivity index (χ1n) is 4.53. The molecule has 0 spiro atoms. The van der Waals surface area contributed by atoms with Crippen LogP contribution in [0.5, 0.6) is 0 Å². The Balaban J connectivity index is 3.48. The topological polar surface area (TPSA) is 103 Å². The monoisotopic (exact) mass is 282 g/mol. The summed E-state index contributed by atoms with van der Waals surface area (Å²) in [5.74, 6) is -1.63. The maximum absolute atomic E-state index is 12.4. The third kappa shape index (κ3) is 2.40. The predicted octanol–water partition coefficient (Wildman–Crippen LogP) is 0.730. The van der Waals surface area contributed by atoms with E-state index in [1.807, 2.05) is 0 Å². The van der Waals surface area contributed by atoms with Gasteiger partial charge in [0.15, 0.2) is 5.25 Å². The van der Waals surface area contributed by atoms with E-state index < -0.39 is 32.1 Å². The fourth-order valence-corrected chi connectivity index (χ4v) is 2.48. The minimum atomic E-state index is -5.77. The number of carbonyl (C=O) groups is 1. The summed E-state index contributed by atoms with van der Waals surface area (Å²) >= 11 is 0. The largest absolute Gasteiger partial charge is 0.498 e. The summed E-state index contributed by atoms with van der Waals surface area (Å²) in [6.45, 7) is 0. The number of nitrogens with two attached hydrogens (primary N) is 2. The van der Waals surface area contributed by atoms with Crippen LogP contribution >= 0.6 is 0 Å². The zero-order valence-corrected chi connectivity index (χ0v) is 9.62. The number of anilines is 1. The van der Waals surface area contributed by atoms with Crippen molar-refractivity contribution in [2.45, 2.75) is 10.8 Å². The number of benzene rings is 1. The summed E-state index contributed by atoms with van der Waals surface area (Å²) in [5.41, 5.74) is 3.78. The van der Waals surface area contributed by atoms with E-state index in [9.17, 15) is 26.4 Å². The molecule has 4 N–H and O–H groups in total. The van der Waals surface area contributed by atoms with Gasteiger partial charge in [0.2, 0.25) is 5.91 Å². The molecule has 1 atom stereocenters. The first-order valence-corrected chi connectivity index (χ1v) is 6.07. The SMILES string of the molecule is NC(=O)C(c1ccccc1N)S(=O)(=O)C(F)(F)F. The Hall–Kier alpha value is -1.77. The van der Waals surface area contributed by atoms with Gasteiger partial charge in [0.25, 0.3) is 9.84 Å². The number of primary amides is 1. The molecule has 1 amide bonds.